The van der Waals surface area contributed by atoms with Crippen molar-refractivity contribution in [3.63, 3.8) is 0 Å². The Kier molecular flexibility index (Phi) is 4.94. The highest BCUT2D eigenvalue weighted by Crippen LogP contribution is 2.34. The SMILES string of the molecule is COc1cc2c(cc1NC(=O)c1cc(C)n(C(C)(C)C)n1)CCCCN2. The molecule has 26 heavy (non-hydrogen) atoms. The number of ether oxygens (including phenoxy) is 1. The normalized spacial score (nSPS) is 14.2. The molecule has 6 nitrogen and oxygen atoms in total. The maximum Gasteiger partial charge on any atom is 0.276 e. The number of fused-ring (bicyclic) bond motifs is 1. The van der Waals surface area contributed by atoms with Crippen LogP contribution in [0, 0.1) is 6.92 Å². The van der Waals surface area contributed by atoms with Gasteiger partial charge in [0, 0.05) is 24.0 Å². The van der Waals surface area contributed by atoms with Crippen molar-refractivity contribution in [2.45, 2.75) is 52.5 Å². The second kappa shape index (κ2) is 7.02. The van der Waals surface area contributed by atoms with Crippen LogP contribution in [0.2, 0.25) is 0 Å². The average Bonchev–Trinajstić information content (AvgIpc) is 2.84. The minimum atomic E-state index is -0.226. The maximum atomic E-state index is 12.8. The van der Waals surface area contributed by atoms with Gasteiger partial charge in [0.2, 0.25) is 0 Å². The van der Waals surface area contributed by atoms with E-state index >= 15 is 0 Å². The van der Waals surface area contributed by atoms with E-state index in [0.717, 1.165) is 37.2 Å². The summed E-state index contributed by atoms with van der Waals surface area (Å²) < 4.78 is 7.37. The first-order chi connectivity index (χ1) is 12.3. The molecule has 1 aromatic heterocycles. The number of hydrogen-bond donors (Lipinski definition) is 2. The van der Waals surface area contributed by atoms with E-state index in [4.69, 9.17) is 4.74 Å². The fourth-order valence-corrected chi connectivity index (χ4v) is 3.38. The Balaban J connectivity index is 1.88. The molecule has 1 aromatic carbocycles. The van der Waals surface area contributed by atoms with Gasteiger partial charge in [-0.05, 0) is 64.7 Å². The van der Waals surface area contributed by atoms with Crippen molar-refractivity contribution < 1.29 is 9.53 Å². The van der Waals surface area contributed by atoms with E-state index in [1.807, 2.05) is 29.8 Å². The molecule has 2 N–H and O–H groups in total. The zero-order valence-electron chi connectivity index (χ0n) is 16.3. The van der Waals surface area contributed by atoms with E-state index < -0.39 is 0 Å². The van der Waals surface area contributed by atoms with E-state index in [2.05, 4.69) is 36.5 Å². The molecule has 0 saturated carbocycles. The number of hydrogen-bond acceptors (Lipinski definition) is 4. The van der Waals surface area contributed by atoms with E-state index in [1.165, 1.54) is 5.56 Å². The molecule has 1 amide bonds. The molecular formula is C20H28N4O2. The minimum absolute atomic E-state index is 0.171. The summed E-state index contributed by atoms with van der Waals surface area (Å²) in [5.74, 6) is 0.425. The monoisotopic (exact) mass is 356 g/mol. The van der Waals surface area contributed by atoms with Gasteiger partial charge < -0.3 is 15.4 Å². The third-order valence-corrected chi connectivity index (χ3v) is 4.62. The molecular weight excluding hydrogens is 328 g/mol. The van der Waals surface area contributed by atoms with Crippen molar-refractivity contribution in [1.29, 1.82) is 0 Å². The lowest BCUT2D eigenvalue weighted by Gasteiger charge is -2.21. The number of anilines is 2. The van der Waals surface area contributed by atoms with Gasteiger partial charge in [-0.3, -0.25) is 9.48 Å². The smallest absolute Gasteiger partial charge is 0.276 e. The third-order valence-electron chi connectivity index (χ3n) is 4.62. The predicted octanol–water partition coefficient (Wildman–Crippen LogP) is 3.96. The molecule has 0 atom stereocenters. The molecule has 0 fully saturated rings. The summed E-state index contributed by atoms with van der Waals surface area (Å²) in [5, 5.41) is 10.9. The van der Waals surface area contributed by atoms with Crippen LogP contribution in [-0.2, 0) is 12.0 Å². The second-order valence-corrected chi connectivity index (χ2v) is 7.80. The van der Waals surface area contributed by atoms with Crippen LogP contribution in [0.1, 0.15) is 55.4 Å². The molecule has 3 rings (SSSR count). The average molecular weight is 356 g/mol. The van der Waals surface area contributed by atoms with Crippen LogP contribution < -0.4 is 15.4 Å². The van der Waals surface area contributed by atoms with Gasteiger partial charge in [0.15, 0.2) is 5.69 Å². The van der Waals surface area contributed by atoms with E-state index in [-0.39, 0.29) is 11.4 Å². The van der Waals surface area contributed by atoms with Crippen molar-refractivity contribution in [3.05, 3.63) is 35.2 Å². The quantitative estimate of drug-likeness (QED) is 0.874. The number of amides is 1. The lowest BCUT2D eigenvalue weighted by atomic mass is 10.1. The summed E-state index contributed by atoms with van der Waals surface area (Å²) in [5.41, 5.74) is 4.17. The van der Waals surface area contributed by atoms with Crippen LogP contribution in [0.5, 0.6) is 5.75 Å². The number of nitrogens with zero attached hydrogens (tertiary/aromatic N) is 2. The number of aromatic nitrogens is 2. The molecule has 2 heterocycles. The molecule has 140 valence electrons. The zero-order valence-corrected chi connectivity index (χ0v) is 16.3. The molecule has 0 bridgehead atoms. The van der Waals surface area contributed by atoms with Gasteiger partial charge in [0.1, 0.15) is 5.75 Å². The van der Waals surface area contributed by atoms with Gasteiger partial charge in [-0.15, -0.1) is 0 Å². The topological polar surface area (TPSA) is 68.2 Å². The molecule has 1 aliphatic rings. The Hall–Kier alpha value is -2.50. The third kappa shape index (κ3) is 3.69. The summed E-state index contributed by atoms with van der Waals surface area (Å²) in [4.78, 5) is 12.8. The molecule has 0 aliphatic carbocycles. The first kappa shape index (κ1) is 18.3. The van der Waals surface area contributed by atoms with Gasteiger partial charge >= 0.3 is 0 Å². The van der Waals surface area contributed by atoms with Crippen molar-refractivity contribution in [2.24, 2.45) is 0 Å². The Morgan fingerprint density at radius 2 is 2.04 bits per heavy atom. The van der Waals surface area contributed by atoms with Crippen LogP contribution in [0.3, 0.4) is 0 Å². The van der Waals surface area contributed by atoms with Crippen LogP contribution in [-0.4, -0.2) is 29.3 Å². The molecule has 1 aliphatic heterocycles. The Morgan fingerprint density at radius 1 is 1.27 bits per heavy atom. The maximum absolute atomic E-state index is 12.8. The van der Waals surface area contributed by atoms with E-state index in [0.29, 0.717) is 17.1 Å². The lowest BCUT2D eigenvalue weighted by Crippen LogP contribution is -2.25. The Bertz CT molecular complexity index is 818. The molecule has 0 saturated heterocycles. The van der Waals surface area contributed by atoms with Gasteiger partial charge in [-0.1, -0.05) is 0 Å². The fraction of sp³-hybridized carbons (Fsp3) is 0.500. The molecule has 0 radical (unpaired) electrons. The fourth-order valence-electron chi connectivity index (χ4n) is 3.38. The van der Waals surface area contributed by atoms with Gasteiger partial charge in [-0.25, -0.2) is 0 Å². The van der Waals surface area contributed by atoms with Crippen molar-refractivity contribution in [1.82, 2.24) is 9.78 Å². The molecule has 0 unspecified atom stereocenters. The number of rotatable bonds is 3. The molecule has 0 spiro atoms. The number of nitrogens with one attached hydrogen (secondary N) is 2. The standard InChI is InChI=1S/C20H28N4O2/c1-13-10-17(23-24(13)20(2,3)4)19(25)22-16-11-14-8-6-7-9-21-15(14)12-18(16)26-5/h10-12,21H,6-9H2,1-5H3,(H,22,25). The predicted molar refractivity (Wildman–Crippen MR) is 104 cm³/mol. The summed E-state index contributed by atoms with van der Waals surface area (Å²) >= 11 is 0. The van der Waals surface area contributed by atoms with Gasteiger partial charge in [0.05, 0.1) is 18.3 Å². The van der Waals surface area contributed by atoms with Crippen molar-refractivity contribution >= 4 is 17.3 Å². The summed E-state index contributed by atoms with van der Waals surface area (Å²) in [7, 11) is 1.62. The van der Waals surface area contributed by atoms with Crippen molar-refractivity contribution in [3.8, 4) is 5.75 Å². The first-order valence-electron chi connectivity index (χ1n) is 9.13. The highest BCUT2D eigenvalue weighted by Gasteiger charge is 2.21. The van der Waals surface area contributed by atoms with Crippen LogP contribution >= 0.6 is 0 Å². The number of carbonyl (C=O) groups is 1. The summed E-state index contributed by atoms with van der Waals surface area (Å²) in [6.07, 6.45) is 3.27. The number of methoxy groups -OCH3 is 1. The van der Waals surface area contributed by atoms with E-state index in [9.17, 15) is 4.79 Å². The van der Waals surface area contributed by atoms with Gasteiger partial charge in [0.25, 0.3) is 5.91 Å². The summed E-state index contributed by atoms with van der Waals surface area (Å²) in [6, 6.07) is 5.80. The largest absolute Gasteiger partial charge is 0.494 e. The second-order valence-electron chi connectivity index (χ2n) is 7.80. The van der Waals surface area contributed by atoms with Crippen LogP contribution in [0.15, 0.2) is 18.2 Å². The summed E-state index contributed by atoms with van der Waals surface area (Å²) in [6.45, 7) is 9.13. The first-order valence-corrected chi connectivity index (χ1v) is 9.13. The highest BCUT2D eigenvalue weighted by atomic mass is 16.5. The number of aryl methyl sites for hydroxylation is 2. The molecule has 2 aromatic rings. The van der Waals surface area contributed by atoms with Crippen LogP contribution in [0.25, 0.3) is 0 Å². The number of carbonyl (C=O) groups excluding carboxylic acids is 1. The highest BCUT2D eigenvalue weighted by molar-refractivity contribution is 6.04. The number of benzene rings is 1. The Labute approximate surface area is 154 Å². The molecule has 6 heteroatoms. The van der Waals surface area contributed by atoms with Crippen LogP contribution in [0.4, 0.5) is 11.4 Å². The Morgan fingerprint density at radius 3 is 2.69 bits per heavy atom. The van der Waals surface area contributed by atoms with Gasteiger partial charge in [-0.2, -0.15) is 5.10 Å². The van der Waals surface area contributed by atoms with Crippen molar-refractivity contribution in [2.75, 3.05) is 24.3 Å². The zero-order chi connectivity index (χ0) is 18.9. The minimum Gasteiger partial charge on any atom is -0.494 e. The van der Waals surface area contributed by atoms with E-state index in [1.54, 1.807) is 7.11 Å². The lowest BCUT2D eigenvalue weighted by molar-refractivity contribution is 0.102.